The van der Waals surface area contributed by atoms with Crippen LogP contribution in [0.4, 0.5) is 20.2 Å². The van der Waals surface area contributed by atoms with Crippen LogP contribution in [-0.4, -0.2) is 31.9 Å². The molecule has 1 aromatic rings. The van der Waals surface area contributed by atoms with Gasteiger partial charge in [-0.1, -0.05) is 0 Å². The number of hydrogen-bond acceptors (Lipinski definition) is 5. The maximum Gasteiger partial charge on any atom is 0.270 e. The summed E-state index contributed by atoms with van der Waals surface area (Å²) in [7, 11) is -3.21. The molecule has 0 aromatic heterocycles. The zero-order valence-electron chi connectivity index (χ0n) is 9.97. The molecule has 0 radical (unpaired) electrons. The second-order valence-electron chi connectivity index (χ2n) is 3.89. The van der Waals surface area contributed by atoms with Gasteiger partial charge < -0.3 is 5.32 Å². The van der Waals surface area contributed by atoms with E-state index >= 15 is 0 Å². The molecule has 0 saturated carbocycles. The summed E-state index contributed by atoms with van der Waals surface area (Å²) in [6.07, 6.45) is -1.86. The highest BCUT2D eigenvalue weighted by Gasteiger charge is 2.17. The number of rotatable bonds is 6. The van der Waals surface area contributed by atoms with E-state index < -0.39 is 32.4 Å². The molecule has 0 unspecified atom stereocenters. The highest BCUT2D eigenvalue weighted by molar-refractivity contribution is 7.90. The molecule has 9 heteroatoms. The number of nitrogens with one attached hydrogen (secondary N) is 1. The number of benzene rings is 1. The van der Waals surface area contributed by atoms with Gasteiger partial charge in [0.2, 0.25) is 0 Å². The minimum atomic E-state index is -3.21. The Morgan fingerprint density at radius 1 is 1.42 bits per heavy atom. The van der Waals surface area contributed by atoms with E-state index in [9.17, 15) is 27.3 Å². The van der Waals surface area contributed by atoms with Crippen molar-refractivity contribution in [1.29, 1.82) is 0 Å². The van der Waals surface area contributed by atoms with Crippen LogP contribution in [0.15, 0.2) is 18.2 Å². The number of non-ortho nitro benzene ring substituents is 1. The van der Waals surface area contributed by atoms with Crippen molar-refractivity contribution >= 4 is 21.2 Å². The third kappa shape index (κ3) is 4.78. The summed E-state index contributed by atoms with van der Waals surface area (Å²) in [6.45, 7) is -0.0453. The number of hydrogen-bond donors (Lipinski definition) is 1. The standard InChI is InChI=1S/C10H12F2N2O4S/c1-19(17,18)5-4-13-9-3-2-7(14(15)16)6-8(9)10(11)12/h2-3,6,10,13H,4-5H2,1H3. The van der Waals surface area contributed by atoms with Gasteiger partial charge >= 0.3 is 0 Å². The van der Waals surface area contributed by atoms with Gasteiger partial charge in [0.1, 0.15) is 9.84 Å². The van der Waals surface area contributed by atoms with Crippen LogP contribution in [0.25, 0.3) is 0 Å². The zero-order chi connectivity index (χ0) is 14.6. The van der Waals surface area contributed by atoms with Crippen molar-refractivity contribution in [2.24, 2.45) is 0 Å². The van der Waals surface area contributed by atoms with Gasteiger partial charge in [0, 0.05) is 36.2 Å². The van der Waals surface area contributed by atoms with Crippen molar-refractivity contribution in [2.75, 3.05) is 23.9 Å². The van der Waals surface area contributed by atoms with E-state index in [1.807, 2.05) is 0 Å². The Hall–Kier alpha value is -1.77. The summed E-state index contributed by atoms with van der Waals surface area (Å²) in [5.41, 5.74) is -0.976. The van der Waals surface area contributed by atoms with Crippen LogP contribution < -0.4 is 5.32 Å². The monoisotopic (exact) mass is 294 g/mol. The first-order valence-electron chi connectivity index (χ1n) is 5.19. The van der Waals surface area contributed by atoms with Crippen molar-refractivity contribution in [3.05, 3.63) is 33.9 Å². The van der Waals surface area contributed by atoms with Gasteiger partial charge in [0.05, 0.1) is 10.7 Å². The number of nitro benzene ring substituents is 1. The summed E-state index contributed by atoms with van der Waals surface area (Å²) in [6, 6.07) is 2.99. The van der Waals surface area contributed by atoms with Crippen LogP contribution in [0.2, 0.25) is 0 Å². The second kappa shape index (κ2) is 5.91. The van der Waals surface area contributed by atoms with Gasteiger partial charge in [-0.15, -0.1) is 0 Å². The van der Waals surface area contributed by atoms with E-state index in [0.717, 1.165) is 24.5 Å². The first-order valence-corrected chi connectivity index (χ1v) is 7.25. The molecule has 1 rings (SSSR count). The molecule has 19 heavy (non-hydrogen) atoms. The van der Waals surface area contributed by atoms with Gasteiger partial charge in [-0.2, -0.15) is 0 Å². The summed E-state index contributed by atoms with van der Waals surface area (Å²) in [5, 5.41) is 13.0. The van der Waals surface area contributed by atoms with Crippen molar-refractivity contribution in [2.45, 2.75) is 6.43 Å². The molecule has 0 heterocycles. The molecule has 0 aliphatic carbocycles. The Bertz CT molecular complexity index is 575. The lowest BCUT2D eigenvalue weighted by molar-refractivity contribution is -0.385. The maximum atomic E-state index is 12.8. The third-order valence-corrected chi connectivity index (χ3v) is 3.22. The predicted molar refractivity (Wildman–Crippen MR) is 66.3 cm³/mol. The minimum Gasteiger partial charge on any atom is -0.384 e. The molecule has 0 spiro atoms. The second-order valence-corrected chi connectivity index (χ2v) is 6.15. The molecule has 106 valence electrons. The molecular formula is C10H12F2N2O4S. The number of sulfone groups is 1. The number of anilines is 1. The van der Waals surface area contributed by atoms with Gasteiger partial charge in [-0.05, 0) is 6.07 Å². The lowest BCUT2D eigenvalue weighted by Gasteiger charge is -2.10. The summed E-state index contributed by atoms with van der Waals surface area (Å²) >= 11 is 0. The fourth-order valence-corrected chi connectivity index (χ4v) is 1.85. The average molecular weight is 294 g/mol. The fourth-order valence-electron chi connectivity index (χ4n) is 1.38. The number of alkyl halides is 2. The number of halogens is 2. The molecule has 0 aliphatic heterocycles. The normalized spacial score (nSPS) is 11.6. The van der Waals surface area contributed by atoms with Crippen LogP contribution in [0.3, 0.4) is 0 Å². The van der Waals surface area contributed by atoms with E-state index in [1.54, 1.807) is 0 Å². The first-order chi connectivity index (χ1) is 8.70. The summed E-state index contributed by atoms with van der Waals surface area (Å²) < 4.78 is 47.3. The molecule has 0 saturated heterocycles. The number of nitro groups is 1. The Kier molecular flexibility index (Phi) is 4.76. The molecule has 0 bridgehead atoms. The van der Waals surface area contributed by atoms with Crippen molar-refractivity contribution in [3.63, 3.8) is 0 Å². The van der Waals surface area contributed by atoms with E-state index in [0.29, 0.717) is 0 Å². The Morgan fingerprint density at radius 3 is 2.53 bits per heavy atom. The quantitative estimate of drug-likeness (QED) is 0.640. The molecular weight excluding hydrogens is 282 g/mol. The maximum absolute atomic E-state index is 12.8. The Morgan fingerprint density at radius 2 is 2.05 bits per heavy atom. The molecule has 6 nitrogen and oxygen atoms in total. The molecule has 1 N–H and O–H groups in total. The molecule has 0 amide bonds. The molecule has 0 atom stereocenters. The van der Waals surface area contributed by atoms with Crippen LogP contribution in [-0.2, 0) is 9.84 Å². The van der Waals surface area contributed by atoms with Gasteiger partial charge in [0.25, 0.3) is 12.1 Å². The van der Waals surface area contributed by atoms with E-state index in [1.165, 1.54) is 0 Å². The Labute approximate surface area is 108 Å². The van der Waals surface area contributed by atoms with Crippen LogP contribution in [0.5, 0.6) is 0 Å². The Balaban J connectivity index is 2.91. The predicted octanol–water partition coefficient (Wildman–Crippen LogP) is 1.99. The topological polar surface area (TPSA) is 89.3 Å². The minimum absolute atomic E-state index is 0.00995. The van der Waals surface area contributed by atoms with Crippen LogP contribution >= 0.6 is 0 Å². The molecule has 1 aromatic carbocycles. The van der Waals surface area contributed by atoms with Gasteiger partial charge in [-0.3, -0.25) is 10.1 Å². The number of nitrogens with zero attached hydrogens (tertiary/aromatic N) is 1. The van der Waals surface area contributed by atoms with E-state index in [2.05, 4.69) is 5.32 Å². The van der Waals surface area contributed by atoms with Crippen molar-refractivity contribution in [1.82, 2.24) is 0 Å². The smallest absolute Gasteiger partial charge is 0.270 e. The van der Waals surface area contributed by atoms with Gasteiger partial charge in [0.15, 0.2) is 0 Å². The summed E-state index contributed by atoms with van der Waals surface area (Å²) in [4.78, 5) is 9.72. The van der Waals surface area contributed by atoms with Crippen molar-refractivity contribution < 1.29 is 22.1 Å². The lowest BCUT2D eigenvalue weighted by Crippen LogP contribution is -2.15. The fraction of sp³-hybridized carbons (Fsp3) is 0.400. The first kappa shape index (κ1) is 15.3. The summed E-state index contributed by atoms with van der Waals surface area (Å²) in [5.74, 6) is -0.216. The van der Waals surface area contributed by atoms with E-state index in [4.69, 9.17) is 0 Å². The lowest BCUT2D eigenvalue weighted by atomic mass is 10.1. The SMILES string of the molecule is CS(=O)(=O)CCNc1ccc([N+](=O)[O-])cc1C(F)F. The zero-order valence-corrected chi connectivity index (χ0v) is 10.8. The van der Waals surface area contributed by atoms with Crippen LogP contribution in [0, 0.1) is 10.1 Å². The van der Waals surface area contributed by atoms with Crippen LogP contribution in [0.1, 0.15) is 12.0 Å². The molecule has 0 aliphatic rings. The largest absolute Gasteiger partial charge is 0.384 e. The highest BCUT2D eigenvalue weighted by Crippen LogP contribution is 2.30. The highest BCUT2D eigenvalue weighted by atomic mass is 32.2. The average Bonchev–Trinajstić information content (AvgIpc) is 2.27. The molecule has 0 fully saturated rings. The van der Waals surface area contributed by atoms with Crippen molar-refractivity contribution in [3.8, 4) is 0 Å². The van der Waals surface area contributed by atoms with Gasteiger partial charge in [-0.25, -0.2) is 17.2 Å². The third-order valence-electron chi connectivity index (χ3n) is 2.27. The van der Waals surface area contributed by atoms with E-state index in [-0.39, 0.29) is 18.0 Å².